The maximum atomic E-state index is 11.7. The fourth-order valence-electron chi connectivity index (χ4n) is 0.984. The van der Waals surface area contributed by atoms with Crippen molar-refractivity contribution in [3.8, 4) is 11.8 Å². The highest BCUT2D eigenvalue weighted by Gasteiger charge is 2.11. The number of nitrogens with one attached hydrogen (secondary N) is 1. The Morgan fingerprint density at radius 2 is 2.40 bits per heavy atom. The first kappa shape index (κ1) is 11.7. The smallest absolute Gasteiger partial charge is 0.276 e. The molecule has 0 aliphatic rings. The second-order valence-corrected chi connectivity index (χ2v) is 3.92. The van der Waals surface area contributed by atoms with Crippen molar-refractivity contribution in [1.29, 1.82) is 0 Å². The van der Waals surface area contributed by atoms with Crippen LogP contribution < -0.4 is 11.2 Å². The molecule has 15 heavy (non-hydrogen) atoms. The van der Waals surface area contributed by atoms with Crippen LogP contribution in [0.15, 0.2) is 11.4 Å². The first-order chi connectivity index (χ1) is 7.15. The number of thiophene rings is 1. The Morgan fingerprint density at radius 1 is 1.67 bits per heavy atom. The zero-order valence-corrected chi connectivity index (χ0v) is 9.52. The van der Waals surface area contributed by atoms with Crippen molar-refractivity contribution in [2.24, 2.45) is 5.73 Å². The van der Waals surface area contributed by atoms with Gasteiger partial charge in [0.15, 0.2) is 0 Å². The molecular formula is C10H13N3OS. The number of nitrogens with two attached hydrogens (primary N) is 1. The van der Waals surface area contributed by atoms with Crippen molar-refractivity contribution in [1.82, 2.24) is 10.4 Å². The van der Waals surface area contributed by atoms with E-state index in [0.29, 0.717) is 11.4 Å². The van der Waals surface area contributed by atoms with E-state index >= 15 is 0 Å². The predicted molar refractivity (Wildman–Crippen MR) is 61.4 cm³/mol. The van der Waals surface area contributed by atoms with Gasteiger partial charge in [0.25, 0.3) is 5.91 Å². The number of hydrazine groups is 1. The molecule has 1 heterocycles. The molecule has 1 aromatic heterocycles. The van der Waals surface area contributed by atoms with Crippen molar-refractivity contribution >= 4 is 17.2 Å². The van der Waals surface area contributed by atoms with Crippen LogP contribution in [0.1, 0.15) is 15.2 Å². The van der Waals surface area contributed by atoms with Crippen LogP contribution in [0.3, 0.4) is 0 Å². The minimum absolute atomic E-state index is 0.142. The average molecular weight is 223 g/mol. The van der Waals surface area contributed by atoms with Gasteiger partial charge in [0.2, 0.25) is 0 Å². The molecule has 0 radical (unpaired) electrons. The third-order valence-electron chi connectivity index (χ3n) is 1.52. The van der Waals surface area contributed by atoms with E-state index in [2.05, 4.69) is 17.3 Å². The summed E-state index contributed by atoms with van der Waals surface area (Å²) in [5.41, 5.74) is 8.67. The lowest BCUT2D eigenvalue weighted by Gasteiger charge is -2.10. The summed E-state index contributed by atoms with van der Waals surface area (Å²) >= 11 is 1.37. The highest BCUT2D eigenvalue weighted by molar-refractivity contribution is 7.12. The number of amides is 1. The molecule has 0 aliphatic heterocycles. The highest BCUT2D eigenvalue weighted by Crippen LogP contribution is 2.15. The maximum absolute atomic E-state index is 11.7. The van der Waals surface area contributed by atoms with Crippen LogP contribution in [-0.2, 0) is 0 Å². The minimum Gasteiger partial charge on any atom is -0.320 e. The van der Waals surface area contributed by atoms with Crippen LogP contribution in [-0.4, -0.2) is 31.6 Å². The molecule has 0 fully saturated rings. The van der Waals surface area contributed by atoms with Gasteiger partial charge in [0, 0.05) is 19.7 Å². The number of carbonyl (C=O) groups excluding carboxylic acids is 1. The van der Waals surface area contributed by atoms with Crippen LogP contribution in [0.5, 0.6) is 0 Å². The monoisotopic (exact) mass is 223 g/mol. The van der Waals surface area contributed by atoms with Crippen LogP contribution >= 0.6 is 11.3 Å². The Labute approximate surface area is 93.0 Å². The molecule has 0 atom stereocenters. The van der Waals surface area contributed by atoms with Gasteiger partial charge in [-0.1, -0.05) is 11.8 Å². The standard InChI is InChI=1S/C10H13N3OS/c1-13(2)12-10(14)9-8(4-3-6-11)5-7-15-9/h5,7H,6,11H2,1-2H3,(H,12,14). The number of rotatable bonds is 2. The molecular weight excluding hydrogens is 210 g/mol. The van der Waals surface area contributed by atoms with Crippen molar-refractivity contribution in [3.05, 3.63) is 21.9 Å². The van der Waals surface area contributed by atoms with Crippen molar-refractivity contribution in [2.45, 2.75) is 0 Å². The molecule has 4 nitrogen and oxygen atoms in total. The quantitative estimate of drug-likeness (QED) is 0.559. The summed E-state index contributed by atoms with van der Waals surface area (Å²) in [5, 5.41) is 3.44. The molecule has 3 N–H and O–H groups in total. The van der Waals surface area contributed by atoms with Gasteiger partial charge in [-0.05, 0) is 11.4 Å². The summed E-state index contributed by atoms with van der Waals surface area (Å²) in [7, 11) is 3.52. The minimum atomic E-state index is -0.142. The van der Waals surface area contributed by atoms with E-state index in [1.807, 2.05) is 11.4 Å². The Hall–Kier alpha value is -1.35. The fourth-order valence-corrected chi connectivity index (χ4v) is 1.72. The summed E-state index contributed by atoms with van der Waals surface area (Å²) in [6.45, 7) is 0.296. The number of hydrogen-bond donors (Lipinski definition) is 2. The van der Waals surface area contributed by atoms with Crippen LogP contribution in [0, 0.1) is 11.8 Å². The maximum Gasteiger partial charge on any atom is 0.276 e. The summed E-state index contributed by atoms with van der Waals surface area (Å²) in [6.07, 6.45) is 0. The summed E-state index contributed by atoms with van der Waals surface area (Å²) < 4.78 is 0. The van der Waals surface area contributed by atoms with Gasteiger partial charge >= 0.3 is 0 Å². The number of nitrogens with zero attached hydrogens (tertiary/aromatic N) is 1. The molecule has 0 saturated heterocycles. The van der Waals surface area contributed by atoms with E-state index in [-0.39, 0.29) is 5.91 Å². The van der Waals surface area contributed by atoms with E-state index < -0.39 is 0 Å². The third-order valence-corrected chi connectivity index (χ3v) is 2.43. The highest BCUT2D eigenvalue weighted by atomic mass is 32.1. The normalized spacial score (nSPS) is 9.60. The van der Waals surface area contributed by atoms with Gasteiger partial charge in [-0.15, -0.1) is 11.3 Å². The van der Waals surface area contributed by atoms with Gasteiger partial charge in [-0.3, -0.25) is 10.2 Å². The summed E-state index contributed by atoms with van der Waals surface area (Å²) in [6, 6.07) is 1.82. The van der Waals surface area contributed by atoms with E-state index in [0.717, 1.165) is 5.56 Å². The molecule has 5 heteroatoms. The van der Waals surface area contributed by atoms with E-state index in [9.17, 15) is 4.79 Å². The fraction of sp³-hybridized carbons (Fsp3) is 0.300. The second kappa shape index (κ2) is 5.51. The van der Waals surface area contributed by atoms with Gasteiger partial charge in [0.05, 0.1) is 6.54 Å². The Kier molecular flexibility index (Phi) is 4.31. The second-order valence-electron chi connectivity index (χ2n) is 3.00. The molecule has 0 spiro atoms. The van der Waals surface area contributed by atoms with Crippen LogP contribution in [0.25, 0.3) is 0 Å². The van der Waals surface area contributed by atoms with Crippen LogP contribution in [0.4, 0.5) is 0 Å². The molecule has 0 saturated carbocycles. The molecule has 0 aliphatic carbocycles. The third kappa shape index (κ3) is 3.36. The molecule has 0 unspecified atom stereocenters. The van der Waals surface area contributed by atoms with E-state index in [1.165, 1.54) is 11.3 Å². The number of carbonyl (C=O) groups is 1. The molecule has 1 rings (SSSR count). The zero-order valence-electron chi connectivity index (χ0n) is 8.70. The van der Waals surface area contributed by atoms with Crippen molar-refractivity contribution in [3.63, 3.8) is 0 Å². The SMILES string of the molecule is CN(C)NC(=O)c1sccc1C#CCN. The number of hydrogen-bond acceptors (Lipinski definition) is 4. The van der Waals surface area contributed by atoms with E-state index in [1.54, 1.807) is 19.1 Å². The Bertz CT molecular complexity index is 400. The van der Waals surface area contributed by atoms with Gasteiger partial charge in [0.1, 0.15) is 4.88 Å². The first-order valence-electron chi connectivity index (χ1n) is 4.40. The van der Waals surface area contributed by atoms with Gasteiger partial charge in [-0.25, -0.2) is 5.01 Å². The molecule has 1 amide bonds. The van der Waals surface area contributed by atoms with Crippen molar-refractivity contribution < 1.29 is 4.79 Å². The molecule has 80 valence electrons. The van der Waals surface area contributed by atoms with Gasteiger partial charge in [-0.2, -0.15) is 0 Å². The molecule has 0 aromatic carbocycles. The lowest BCUT2D eigenvalue weighted by atomic mass is 10.2. The first-order valence-corrected chi connectivity index (χ1v) is 5.28. The zero-order chi connectivity index (χ0) is 11.3. The lowest BCUT2D eigenvalue weighted by molar-refractivity contribution is 0.0861. The summed E-state index contributed by atoms with van der Waals surface area (Å²) in [4.78, 5) is 12.3. The Morgan fingerprint density at radius 3 is 3.00 bits per heavy atom. The molecule has 1 aromatic rings. The largest absolute Gasteiger partial charge is 0.320 e. The van der Waals surface area contributed by atoms with Crippen molar-refractivity contribution in [2.75, 3.05) is 20.6 Å². The lowest BCUT2D eigenvalue weighted by Crippen LogP contribution is -2.35. The Balaban J connectivity index is 2.85. The predicted octanol–water partition coefficient (Wildman–Crippen LogP) is 0.265. The van der Waals surface area contributed by atoms with Crippen LogP contribution in [0.2, 0.25) is 0 Å². The van der Waals surface area contributed by atoms with E-state index in [4.69, 9.17) is 5.73 Å². The van der Waals surface area contributed by atoms with Gasteiger partial charge < -0.3 is 5.73 Å². The summed E-state index contributed by atoms with van der Waals surface area (Å²) in [5.74, 6) is 5.45. The average Bonchev–Trinajstić information content (AvgIpc) is 2.61. The topological polar surface area (TPSA) is 58.4 Å². The molecule has 0 bridgehead atoms.